The molecule has 300 valence electrons. The molecule has 2 amide bonds. The predicted octanol–water partition coefficient (Wildman–Crippen LogP) is 5.72. The van der Waals surface area contributed by atoms with E-state index in [1.165, 1.54) is 14.2 Å². The molecular weight excluding hydrogens is 709 g/mol. The van der Waals surface area contributed by atoms with Gasteiger partial charge in [-0.15, -0.1) is 23.7 Å². The van der Waals surface area contributed by atoms with Gasteiger partial charge >= 0.3 is 11.9 Å². The van der Waals surface area contributed by atoms with Crippen LogP contribution in [-0.2, 0) is 54.6 Å². The lowest BCUT2D eigenvalue weighted by atomic mass is 10.00. The highest BCUT2D eigenvalue weighted by Crippen LogP contribution is 2.25. The van der Waals surface area contributed by atoms with Crippen molar-refractivity contribution in [3.05, 3.63) is 95.1 Å². The van der Waals surface area contributed by atoms with Crippen molar-refractivity contribution in [2.75, 3.05) is 14.2 Å². The number of likely N-dealkylation sites (tertiary alicyclic amines) is 2. The fourth-order valence-electron chi connectivity index (χ4n) is 6.35. The fourth-order valence-corrected chi connectivity index (χ4v) is 6.35. The molecule has 56 heavy (non-hydrogen) atoms. The number of carbonyl (C=O) groups is 4. The van der Waals surface area contributed by atoms with E-state index in [0.717, 1.165) is 35.1 Å². The van der Waals surface area contributed by atoms with Gasteiger partial charge in [-0.25, -0.2) is 0 Å². The lowest BCUT2D eigenvalue weighted by Gasteiger charge is -2.23. The first kappa shape index (κ1) is 45.2. The number of aliphatic hydroxyl groups excluding tert-OH is 2. The molecule has 0 saturated carbocycles. The molecule has 4 rings (SSSR count). The summed E-state index contributed by atoms with van der Waals surface area (Å²) in [6, 6.07) is 15.3. The Hall–Kier alpha value is -5.16. The summed E-state index contributed by atoms with van der Waals surface area (Å²) in [7, 11) is 2.75. The van der Waals surface area contributed by atoms with Crippen LogP contribution >= 0.6 is 0 Å². The summed E-state index contributed by atoms with van der Waals surface area (Å²) in [5, 5.41) is 20.5. The van der Waals surface area contributed by atoms with Gasteiger partial charge in [0.1, 0.15) is 0 Å². The van der Waals surface area contributed by atoms with E-state index in [-0.39, 0.29) is 60.5 Å². The first-order valence-corrected chi connectivity index (χ1v) is 19.3. The van der Waals surface area contributed by atoms with Gasteiger partial charge in [-0.3, -0.25) is 19.2 Å². The van der Waals surface area contributed by atoms with Crippen LogP contribution in [-0.4, -0.2) is 82.3 Å². The van der Waals surface area contributed by atoms with Gasteiger partial charge in [-0.2, -0.15) is 0 Å². The maximum Gasteiger partial charge on any atom is 0.309 e. The molecule has 2 saturated heterocycles. The van der Waals surface area contributed by atoms with Gasteiger partial charge in [-0.1, -0.05) is 86.7 Å². The van der Waals surface area contributed by atoms with E-state index < -0.39 is 12.2 Å². The zero-order valence-electron chi connectivity index (χ0n) is 33.7. The number of nitrogens with zero attached hydrogens (tertiary/aromatic N) is 2. The Bertz CT molecular complexity index is 1650. The highest BCUT2D eigenvalue weighted by molar-refractivity contribution is 5.79. The highest BCUT2D eigenvalue weighted by atomic mass is 16.5. The molecule has 2 N–H and O–H groups in total. The minimum absolute atomic E-state index is 0.0126. The van der Waals surface area contributed by atoms with Gasteiger partial charge in [0.2, 0.25) is 11.8 Å². The molecule has 0 spiro atoms. The first-order chi connectivity index (χ1) is 26.9. The van der Waals surface area contributed by atoms with Crippen LogP contribution in [0.5, 0.6) is 0 Å². The number of aliphatic hydroxyl groups is 2. The lowest BCUT2D eigenvalue weighted by molar-refractivity contribution is -0.140. The van der Waals surface area contributed by atoms with Gasteiger partial charge in [0, 0.05) is 38.8 Å². The predicted molar refractivity (Wildman–Crippen MR) is 216 cm³/mol. The number of esters is 2. The molecule has 6 atom stereocenters. The van der Waals surface area contributed by atoms with Gasteiger partial charge < -0.3 is 29.5 Å². The summed E-state index contributed by atoms with van der Waals surface area (Å²) in [5.74, 6) is 11.5. The molecule has 10 nitrogen and oxygen atoms in total. The summed E-state index contributed by atoms with van der Waals surface area (Å²) < 4.78 is 9.35. The molecular formula is C46H58N2O8. The van der Waals surface area contributed by atoms with Crippen LogP contribution in [0.2, 0.25) is 0 Å². The third-order valence-electron chi connectivity index (χ3n) is 10.1. The molecule has 0 radical (unpaired) electrons. The van der Waals surface area contributed by atoms with Gasteiger partial charge in [0.25, 0.3) is 0 Å². The Kier molecular flexibility index (Phi) is 19.1. The largest absolute Gasteiger partial charge is 0.469 e. The van der Waals surface area contributed by atoms with Crippen LogP contribution in [0.25, 0.3) is 0 Å². The zero-order valence-corrected chi connectivity index (χ0v) is 33.7. The van der Waals surface area contributed by atoms with Gasteiger partial charge in [0.05, 0.1) is 51.4 Å². The van der Waals surface area contributed by atoms with Crippen molar-refractivity contribution < 1.29 is 38.9 Å². The van der Waals surface area contributed by atoms with Gasteiger partial charge in [0.15, 0.2) is 0 Å². The van der Waals surface area contributed by atoms with E-state index in [4.69, 9.17) is 0 Å². The zero-order chi connectivity index (χ0) is 41.0. The number of benzene rings is 2. The van der Waals surface area contributed by atoms with Crippen molar-refractivity contribution >= 4 is 23.8 Å². The summed E-state index contributed by atoms with van der Waals surface area (Å²) in [4.78, 5) is 51.0. The molecule has 2 unspecified atom stereocenters. The Labute approximate surface area is 332 Å². The van der Waals surface area contributed by atoms with Crippen molar-refractivity contribution in [3.8, 4) is 23.7 Å². The van der Waals surface area contributed by atoms with Crippen LogP contribution in [0.15, 0.2) is 72.8 Å². The first-order valence-electron chi connectivity index (χ1n) is 19.3. The van der Waals surface area contributed by atoms with Crippen molar-refractivity contribution in [1.29, 1.82) is 0 Å². The van der Waals surface area contributed by atoms with Crippen LogP contribution in [0.1, 0.15) is 88.5 Å². The van der Waals surface area contributed by atoms with E-state index in [9.17, 15) is 29.4 Å². The van der Waals surface area contributed by atoms with Crippen LogP contribution in [0.3, 0.4) is 0 Å². The Balaban J connectivity index is 0.000000300. The second-order valence-corrected chi connectivity index (χ2v) is 14.4. The second-order valence-electron chi connectivity index (χ2n) is 14.4. The Morgan fingerprint density at radius 2 is 1.02 bits per heavy atom. The summed E-state index contributed by atoms with van der Waals surface area (Å²) >= 11 is 0. The monoisotopic (exact) mass is 766 g/mol. The number of amides is 2. The van der Waals surface area contributed by atoms with E-state index in [1.54, 1.807) is 26.0 Å². The van der Waals surface area contributed by atoms with Crippen LogP contribution < -0.4 is 0 Å². The molecule has 2 heterocycles. The normalized spacial score (nSPS) is 18.6. The van der Waals surface area contributed by atoms with Crippen molar-refractivity contribution in [2.45, 2.75) is 116 Å². The summed E-state index contributed by atoms with van der Waals surface area (Å²) in [6.07, 6.45) is 10.6. The Morgan fingerprint density at radius 3 is 1.34 bits per heavy atom. The van der Waals surface area contributed by atoms with Crippen molar-refractivity contribution in [1.82, 2.24) is 9.80 Å². The molecule has 0 bridgehead atoms. The minimum atomic E-state index is -0.573. The van der Waals surface area contributed by atoms with Crippen LogP contribution in [0.4, 0.5) is 0 Å². The molecule has 2 fully saturated rings. The molecule has 2 aromatic rings. The minimum Gasteiger partial charge on any atom is -0.469 e. The third-order valence-corrected chi connectivity index (χ3v) is 10.1. The molecule has 0 aromatic heterocycles. The van der Waals surface area contributed by atoms with Gasteiger partial charge in [-0.05, 0) is 60.8 Å². The molecule has 2 aliphatic rings. The topological polar surface area (TPSA) is 134 Å². The second kappa shape index (κ2) is 23.7. The van der Waals surface area contributed by atoms with E-state index >= 15 is 0 Å². The molecule has 10 heteroatoms. The number of carbonyl (C=O) groups excluding carboxylic acids is 4. The van der Waals surface area contributed by atoms with E-state index in [2.05, 4.69) is 33.2 Å². The molecule has 2 aromatic carbocycles. The fraction of sp³-hybridized carbons (Fsp3) is 0.478. The van der Waals surface area contributed by atoms with Crippen molar-refractivity contribution in [3.63, 3.8) is 0 Å². The van der Waals surface area contributed by atoms with E-state index in [1.807, 2.05) is 84.3 Å². The number of rotatable bonds is 16. The number of hydrogen-bond acceptors (Lipinski definition) is 8. The maximum atomic E-state index is 12.3. The standard InChI is InChI=1S/2C23H29NO4/c2*1-4-5-6-17(2)21(25)13-11-20-12-14-22(26)24(20)16-19-9-7-18(8-10-19)15-23(27)28-3/h2*7-11,13,17,20-21,25H,6,12,14-16H2,1-3H3/b2*13-11+/t17?,20-,21+;17?,20-,21-/m00/s1. The third kappa shape index (κ3) is 14.8. The number of hydrogen-bond donors (Lipinski definition) is 2. The van der Waals surface area contributed by atoms with Crippen molar-refractivity contribution in [2.24, 2.45) is 11.8 Å². The number of methoxy groups -OCH3 is 2. The summed E-state index contributed by atoms with van der Waals surface area (Å²) in [6.45, 7) is 8.54. The summed E-state index contributed by atoms with van der Waals surface area (Å²) in [5.41, 5.74) is 3.78. The highest BCUT2D eigenvalue weighted by Gasteiger charge is 2.30. The number of ether oxygens (including phenoxy) is 2. The SMILES string of the molecule is CC#CCC(C)[C@@H](O)/C=C/[C@H]1CCC(=O)N1Cc1ccc(CC(=O)OC)cc1.CC#CCC(C)[C@H](O)/C=C/[C@H]1CCC(=O)N1Cc1ccc(CC(=O)OC)cc1. The quantitative estimate of drug-likeness (QED) is 0.126. The lowest BCUT2D eigenvalue weighted by Crippen LogP contribution is -2.31. The smallest absolute Gasteiger partial charge is 0.309 e. The molecule has 2 aliphatic heterocycles. The molecule has 0 aliphatic carbocycles. The Morgan fingerprint density at radius 1 is 0.679 bits per heavy atom. The average Bonchev–Trinajstić information content (AvgIpc) is 3.74. The van der Waals surface area contributed by atoms with E-state index in [0.29, 0.717) is 38.8 Å². The maximum absolute atomic E-state index is 12.3. The van der Waals surface area contributed by atoms with Crippen LogP contribution in [0, 0.1) is 35.5 Å². The average molecular weight is 767 g/mol.